The zero-order chi connectivity index (χ0) is 26.0. The van der Waals surface area contributed by atoms with Crippen molar-refractivity contribution in [1.29, 1.82) is 0 Å². The molecule has 1 atom stereocenters. The largest absolute Gasteiger partial charge is 0.488 e. The van der Waals surface area contributed by atoms with Gasteiger partial charge in [0, 0.05) is 18.1 Å². The highest BCUT2D eigenvalue weighted by Crippen LogP contribution is 2.43. The van der Waals surface area contributed by atoms with Crippen LogP contribution >= 0.6 is 0 Å². The van der Waals surface area contributed by atoms with E-state index in [2.05, 4.69) is 5.32 Å². The summed E-state index contributed by atoms with van der Waals surface area (Å²) >= 11 is 0. The summed E-state index contributed by atoms with van der Waals surface area (Å²) < 4.78 is 28.3. The molecule has 0 bridgehead atoms. The van der Waals surface area contributed by atoms with Crippen molar-refractivity contribution < 1.29 is 33.3 Å². The molecule has 1 unspecified atom stereocenters. The fraction of sp³-hybridized carbons (Fsp3) is 0.310. The predicted octanol–water partition coefficient (Wildman–Crippen LogP) is 4.11. The minimum absolute atomic E-state index is 0.00533. The molecule has 8 heteroatoms. The normalized spacial score (nSPS) is 12.6. The van der Waals surface area contributed by atoms with Crippen LogP contribution < -0.4 is 19.5 Å². The van der Waals surface area contributed by atoms with Gasteiger partial charge in [0.2, 0.25) is 12.7 Å². The SMILES string of the molecule is CC(=O)OCC(Cc1cc2c(c(C)c1OCc1ccccc1)OCO2)NC(=O)COCc1ccccc1. The third kappa shape index (κ3) is 7.47. The van der Waals surface area contributed by atoms with E-state index in [0.717, 1.165) is 22.3 Å². The molecule has 0 spiro atoms. The number of fused-ring (bicyclic) bond motifs is 1. The summed E-state index contributed by atoms with van der Waals surface area (Å²) in [4.78, 5) is 24.2. The van der Waals surface area contributed by atoms with Gasteiger partial charge < -0.3 is 29.0 Å². The number of rotatable bonds is 12. The predicted molar refractivity (Wildman–Crippen MR) is 136 cm³/mol. The van der Waals surface area contributed by atoms with Gasteiger partial charge in [0.1, 0.15) is 25.6 Å². The Morgan fingerprint density at radius 3 is 2.32 bits per heavy atom. The van der Waals surface area contributed by atoms with Crippen molar-refractivity contribution in [2.45, 2.75) is 39.5 Å². The van der Waals surface area contributed by atoms with Crippen molar-refractivity contribution in [1.82, 2.24) is 5.32 Å². The smallest absolute Gasteiger partial charge is 0.302 e. The number of esters is 1. The molecule has 0 aliphatic carbocycles. The van der Waals surface area contributed by atoms with Crippen LogP contribution in [0.3, 0.4) is 0 Å². The highest BCUT2D eigenvalue weighted by Gasteiger charge is 2.25. The van der Waals surface area contributed by atoms with E-state index in [1.54, 1.807) is 0 Å². The van der Waals surface area contributed by atoms with Crippen LogP contribution in [0.2, 0.25) is 0 Å². The maximum Gasteiger partial charge on any atom is 0.302 e. The lowest BCUT2D eigenvalue weighted by atomic mass is 10.0. The number of carbonyl (C=O) groups excluding carboxylic acids is 2. The molecule has 0 saturated carbocycles. The molecule has 1 aliphatic heterocycles. The number of nitrogens with one attached hydrogen (secondary N) is 1. The lowest BCUT2D eigenvalue weighted by Crippen LogP contribution is -2.42. The number of ether oxygens (including phenoxy) is 5. The van der Waals surface area contributed by atoms with E-state index >= 15 is 0 Å². The molecule has 1 aliphatic rings. The van der Waals surface area contributed by atoms with Crippen molar-refractivity contribution in [2.24, 2.45) is 0 Å². The van der Waals surface area contributed by atoms with Crippen LogP contribution in [0, 0.1) is 6.92 Å². The van der Waals surface area contributed by atoms with E-state index in [1.165, 1.54) is 6.92 Å². The summed E-state index contributed by atoms with van der Waals surface area (Å²) in [5.41, 5.74) is 3.61. The maximum atomic E-state index is 12.7. The molecular weight excluding hydrogens is 474 g/mol. The molecular formula is C29H31NO7. The summed E-state index contributed by atoms with van der Waals surface area (Å²) in [5.74, 6) is 1.17. The van der Waals surface area contributed by atoms with Crippen LogP contribution in [-0.2, 0) is 38.7 Å². The van der Waals surface area contributed by atoms with Gasteiger partial charge in [0.15, 0.2) is 11.5 Å². The Morgan fingerprint density at radius 2 is 1.65 bits per heavy atom. The average Bonchev–Trinajstić information content (AvgIpc) is 3.37. The topological polar surface area (TPSA) is 92.3 Å². The van der Waals surface area contributed by atoms with Crippen molar-refractivity contribution >= 4 is 11.9 Å². The van der Waals surface area contributed by atoms with Gasteiger partial charge in [-0.1, -0.05) is 60.7 Å². The van der Waals surface area contributed by atoms with E-state index < -0.39 is 12.0 Å². The van der Waals surface area contributed by atoms with Crippen LogP contribution in [0.1, 0.15) is 29.2 Å². The third-order valence-corrected chi connectivity index (χ3v) is 5.81. The minimum Gasteiger partial charge on any atom is -0.488 e. The molecule has 37 heavy (non-hydrogen) atoms. The summed E-state index contributed by atoms with van der Waals surface area (Å²) in [7, 11) is 0. The Bertz CT molecular complexity index is 1200. The Morgan fingerprint density at radius 1 is 0.973 bits per heavy atom. The van der Waals surface area contributed by atoms with E-state index in [4.69, 9.17) is 23.7 Å². The second-order valence-electron chi connectivity index (χ2n) is 8.75. The molecule has 4 rings (SSSR count). The quantitative estimate of drug-likeness (QED) is 0.371. The molecule has 0 fully saturated rings. The molecule has 0 radical (unpaired) electrons. The molecule has 8 nitrogen and oxygen atoms in total. The lowest BCUT2D eigenvalue weighted by Gasteiger charge is -2.22. The van der Waals surface area contributed by atoms with Gasteiger partial charge in [-0.2, -0.15) is 0 Å². The highest BCUT2D eigenvalue weighted by atomic mass is 16.7. The second-order valence-corrected chi connectivity index (χ2v) is 8.75. The summed E-state index contributed by atoms with van der Waals surface area (Å²) in [6.07, 6.45) is 0.347. The van der Waals surface area contributed by atoms with Crippen LogP contribution in [0.4, 0.5) is 0 Å². The molecule has 1 heterocycles. The van der Waals surface area contributed by atoms with Gasteiger partial charge in [0.05, 0.1) is 12.6 Å². The summed E-state index contributed by atoms with van der Waals surface area (Å²) in [6, 6.07) is 20.8. The minimum atomic E-state index is -0.504. The van der Waals surface area contributed by atoms with Gasteiger partial charge in [0.25, 0.3) is 0 Å². The molecule has 0 saturated heterocycles. The summed E-state index contributed by atoms with van der Waals surface area (Å²) in [5, 5.41) is 2.93. The van der Waals surface area contributed by atoms with Crippen LogP contribution in [0.15, 0.2) is 66.7 Å². The lowest BCUT2D eigenvalue weighted by molar-refractivity contribution is -0.142. The number of carbonyl (C=O) groups is 2. The fourth-order valence-electron chi connectivity index (χ4n) is 4.08. The van der Waals surface area contributed by atoms with E-state index in [0.29, 0.717) is 36.9 Å². The Balaban J connectivity index is 1.47. The first kappa shape index (κ1) is 26.0. The molecule has 194 valence electrons. The molecule has 1 amide bonds. The monoisotopic (exact) mass is 505 g/mol. The third-order valence-electron chi connectivity index (χ3n) is 5.81. The average molecular weight is 506 g/mol. The van der Waals surface area contributed by atoms with Crippen molar-refractivity contribution in [3.8, 4) is 17.2 Å². The molecule has 3 aromatic carbocycles. The maximum absolute atomic E-state index is 12.7. The highest BCUT2D eigenvalue weighted by molar-refractivity contribution is 5.77. The summed E-state index contributed by atoms with van der Waals surface area (Å²) in [6.45, 7) is 3.94. The van der Waals surface area contributed by atoms with Crippen LogP contribution in [-0.4, -0.2) is 37.9 Å². The van der Waals surface area contributed by atoms with E-state index in [-0.39, 0.29) is 25.9 Å². The number of amides is 1. The number of benzene rings is 3. The first-order valence-electron chi connectivity index (χ1n) is 12.1. The van der Waals surface area contributed by atoms with Gasteiger partial charge >= 0.3 is 5.97 Å². The van der Waals surface area contributed by atoms with Crippen molar-refractivity contribution in [3.05, 3.63) is 89.0 Å². The zero-order valence-electron chi connectivity index (χ0n) is 21.0. The number of hydrogen-bond acceptors (Lipinski definition) is 7. The van der Waals surface area contributed by atoms with Crippen molar-refractivity contribution in [2.75, 3.05) is 20.0 Å². The first-order chi connectivity index (χ1) is 18.0. The van der Waals surface area contributed by atoms with Gasteiger partial charge in [-0.15, -0.1) is 0 Å². The molecule has 0 aromatic heterocycles. The van der Waals surface area contributed by atoms with Crippen LogP contribution in [0.25, 0.3) is 0 Å². The fourth-order valence-corrected chi connectivity index (χ4v) is 4.08. The number of hydrogen-bond donors (Lipinski definition) is 1. The Labute approximate surface area is 216 Å². The van der Waals surface area contributed by atoms with Gasteiger partial charge in [-0.3, -0.25) is 9.59 Å². The van der Waals surface area contributed by atoms with Gasteiger partial charge in [-0.25, -0.2) is 0 Å². The van der Waals surface area contributed by atoms with Crippen molar-refractivity contribution in [3.63, 3.8) is 0 Å². The Kier molecular flexibility index (Phi) is 8.99. The van der Waals surface area contributed by atoms with Gasteiger partial charge in [-0.05, 0) is 30.5 Å². The van der Waals surface area contributed by atoms with Crippen LogP contribution in [0.5, 0.6) is 17.2 Å². The second kappa shape index (κ2) is 12.8. The first-order valence-corrected chi connectivity index (χ1v) is 12.1. The molecule has 3 aromatic rings. The standard InChI is InChI=1S/C29H31NO7/c1-20-28(35-16-23-11-7-4-8-12-23)24(14-26-29(20)37-19-36-26)13-25(17-34-21(2)31)30-27(32)18-33-15-22-9-5-3-6-10-22/h3-12,14,25H,13,15-19H2,1-2H3,(H,30,32). The zero-order valence-corrected chi connectivity index (χ0v) is 21.0. The van der Waals surface area contributed by atoms with E-state index in [1.807, 2.05) is 73.7 Å². The molecule has 1 N–H and O–H groups in total. The van der Waals surface area contributed by atoms with E-state index in [9.17, 15) is 9.59 Å². The Hall–Kier alpha value is -4.04.